The quantitative estimate of drug-likeness (QED) is 0.127. The molecule has 2 aromatic carbocycles. The summed E-state index contributed by atoms with van der Waals surface area (Å²) in [5, 5.41) is 12.1. The largest absolute Gasteiger partial charge is 0.415 e. The first-order valence-corrected chi connectivity index (χ1v) is 19.8. The summed E-state index contributed by atoms with van der Waals surface area (Å²) in [5.74, 6) is 0.365. The topological polar surface area (TPSA) is 131 Å². The van der Waals surface area contributed by atoms with E-state index in [4.69, 9.17) is 20.3 Å². The predicted molar refractivity (Wildman–Crippen MR) is 203 cm³/mol. The first-order chi connectivity index (χ1) is 24.8. The molecule has 9 heteroatoms. The number of benzene rings is 2. The number of carbonyl (C=O) groups excluding carboxylic acids is 3. The maximum Gasteiger partial charge on any atom is 0.415 e. The summed E-state index contributed by atoms with van der Waals surface area (Å²) in [7, 11) is 0. The monoisotopic (exact) mass is 715 g/mol. The van der Waals surface area contributed by atoms with Crippen LogP contribution in [0.25, 0.3) is 0 Å². The minimum Gasteiger partial charge on any atom is -0.410 e. The highest BCUT2D eigenvalue weighted by Gasteiger charge is 2.58. The highest BCUT2D eigenvalue weighted by atomic mass is 16.6. The number of aliphatic hydroxyl groups is 1. The first-order valence-electron chi connectivity index (χ1n) is 19.8. The average molecular weight is 716 g/mol. The number of aryl methyl sites for hydroxylation is 2. The normalized spacial score (nSPS) is 30.6. The predicted octanol–water partition coefficient (Wildman–Crippen LogP) is 7.24. The average Bonchev–Trinajstić information content (AvgIpc) is 3.11. The number of nitrogens with zero attached hydrogens (tertiary/aromatic N) is 1. The van der Waals surface area contributed by atoms with E-state index in [9.17, 15) is 14.4 Å². The number of aliphatic hydroxyl groups excluding tert-OH is 1. The Morgan fingerprint density at radius 3 is 1.98 bits per heavy atom. The highest BCUT2D eigenvalue weighted by molar-refractivity contribution is 6.01. The molecule has 3 amide bonds. The molecule has 0 aromatic heterocycles. The number of hydrogen-bond acceptors (Lipinski definition) is 7. The van der Waals surface area contributed by atoms with Crippen LogP contribution in [-0.2, 0) is 38.0 Å². The summed E-state index contributed by atoms with van der Waals surface area (Å²) in [5.41, 5.74) is 10.1. The number of carbonyl (C=O) groups is 3. The van der Waals surface area contributed by atoms with E-state index in [1.807, 2.05) is 18.2 Å². The van der Waals surface area contributed by atoms with Crippen molar-refractivity contribution in [3.05, 3.63) is 58.7 Å². The number of rotatable bonds is 11. The minimum absolute atomic E-state index is 0.0266. The standard InChI is InChI=1S/C43H61N3O6/c1-6-7-22-46(23-25-51-26-24-47)39(50)52-32-15-11-30-13-17-36-41(3,34(30)28-32)19-9-21-43(36,5)38(49)45-37(48)42(4)20-8-18-40(2)33-27-31(44)14-10-29(33)12-16-35(40)42/h10-11,14-15,27-28,35-36,47H,6-9,12-13,16-26,44H2,1-5H3,(H,45,48,49)/t35-,36-,40-,41-,42+,43+/m1/s1. The van der Waals surface area contributed by atoms with Crippen molar-refractivity contribution < 1.29 is 29.0 Å². The Bertz CT molecular complexity index is 1660. The molecular formula is C43H61N3O6. The molecule has 6 atom stereocenters. The number of nitrogens with two attached hydrogens (primary N) is 1. The molecule has 0 spiro atoms. The van der Waals surface area contributed by atoms with Gasteiger partial charge in [-0.1, -0.05) is 66.0 Å². The van der Waals surface area contributed by atoms with E-state index in [1.165, 1.54) is 16.7 Å². The van der Waals surface area contributed by atoms with Crippen LogP contribution in [0, 0.1) is 22.7 Å². The van der Waals surface area contributed by atoms with Gasteiger partial charge in [-0.3, -0.25) is 14.9 Å². The smallest absolute Gasteiger partial charge is 0.410 e. The Morgan fingerprint density at radius 1 is 0.827 bits per heavy atom. The van der Waals surface area contributed by atoms with Crippen LogP contribution < -0.4 is 15.8 Å². The van der Waals surface area contributed by atoms with Crippen molar-refractivity contribution in [2.45, 2.75) is 122 Å². The zero-order valence-electron chi connectivity index (χ0n) is 32.2. The Balaban J connectivity index is 1.20. The van der Waals surface area contributed by atoms with Crippen molar-refractivity contribution in [1.29, 1.82) is 0 Å². The van der Waals surface area contributed by atoms with Crippen molar-refractivity contribution in [2.75, 3.05) is 38.6 Å². The Labute approximate surface area is 310 Å². The lowest BCUT2D eigenvalue weighted by Gasteiger charge is -2.56. The Morgan fingerprint density at radius 2 is 1.40 bits per heavy atom. The summed E-state index contributed by atoms with van der Waals surface area (Å²) >= 11 is 0. The van der Waals surface area contributed by atoms with Crippen LogP contribution in [0.3, 0.4) is 0 Å². The number of nitrogens with one attached hydrogen (secondary N) is 1. The molecule has 0 heterocycles. The van der Waals surface area contributed by atoms with Gasteiger partial charge in [-0.25, -0.2) is 4.79 Å². The molecule has 2 fully saturated rings. The van der Waals surface area contributed by atoms with E-state index in [-0.39, 0.29) is 47.7 Å². The lowest BCUT2D eigenvalue weighted by molar-refractivity contribution is -0.150. The molecule has 0 saturated heterocycles. The number of fused-ring (bicyclic) bond motifs is 6. The van der Waals surface area contributed by atoms with Crippen LogP contribution in [-0.4, -0.2) is 60.8 Å². The van der Waals surface area contributed by atoms with Crippen LogP contribution in [0.1, 0.15) is 121 Å². The van der Waals surface area contributed by atoms with Crippen molar-refractivity contribution in [3.8, 4) is 5.75 Å². The third kappa shape index (κ3) is 6.88. The lowest BCUT2D eigenvalue weighted by atomic mass is 9.49. The molecule has 4 N–H and O–H groups in total. The number of hydrogen-bond donors (Lipinski definition) is 3. The van der Waals surface area contributed by atoms with Crippen LogP contribution in [0.2, 0.25) is 0 Å². The van der Waals surface area contributed by atoms with E-state index < -0.39 is 16.9 Å². The van der Waals surface area contributed by atoms with Gasteiger partial charge in [0, 0.05) is 18.8 Å². The second kappa shape index (κ2) is 15.1. The molecule has 6 rings (SSSR count). The van der Waals surface area contributed by atoms with Gasteiger partial charge >= 0.3 is 6.09 Å². The number of amides is 3. The second-order valence-corrected chi connectivity index (χ2v) is 17.1. The van der Waals surface area contributed by atoms with Gasteiger partial charge in [0.15, 0.2) is 0 Å². The van der Waals surface area contributed by atoms with Crippen LogP contribution >= 0.6 is 0 Å². The van der Waals surface area contributed by atoms with Gasteiger partial charge in [-0.05, 0) is 127 Å². The van der Waals surface area contributed by atoms with E-state index in [2.05, 4.69) is 58.1 Å². The molecule has 9 nitrogen and oxygen atoms in total. The lowest BCUT2D eigenvalue weighted by Crippen LogP contribution is -2.60. The molecular weight excluding hydrogens is 654 g/mol. The highest BCUT2D eigenvalue weighted by Crippen LogP contribution is 2.59. The van der Waals surface area contributed by atoms with E-state index in [0.29, 0.717) is 25.4 Å². The molecule has 0 radical (unpaired) electrons. The molecule has 52 heavy (non-hydrogen) atoms. The van der Waals surface area contributed by atoms with Crippen molar-refractivity contribution in [2.24, 2.45) is 22.7 Å². The molecule has 2 saturated carbocycles. The summed E-state index contributed by atoms with van der Waals surface area (Å²) in [4.78, 5) is 44.1. The van der Waals surface area contributed by atoms with Gasteiger partial charge in [0.2, 0.25) is 11.8 Å². The Hall–Kier alpha value is -3.43. The first kappa shape index (κ1) is 38.3. The second-order valence-electron chi connectivity index (χ2n) is 17.1. The van der Waals surface area contributed by atoms with Crippen LogP contribution in [0.4, 0.5) is 10.5 Å². The molecule has 0 bridgehead atoms. The van der Waals surface area contributed by atoms with Crippen molar-refractivity contribution in [3.63, 3.8) is 0 Å². The van der Waals surface area contributed by atoms with Gasteiger partial charge in [0.1, 0.15) is 5.75 Å². The minimum atomic E-state index is -0.722. The molecule has 0 aliphatic heterocycles. The number of ether oxygens (including phenoxy) is 2. The van der Waals surface area contributed by atoms with Gasteiger partial charge in [0.25, 0.3) is 0 Å². The summed E-state index contributed by atoms with van der Waals surface area (Å²) in [6, 6.07) is 12.2. The zero-order chi connectivity index (χ0) is 37.3. The van der Waals surface area contributed by atoms with E-state index in [1.54, 1.807) is 4.90 Å². The number of imide groups is 1. The molecule has 2 aromatic rings. The Kier molecular flexibility index (Phi) is 11.1. The maximum absolute atomic E-state index is 14.6. The molecule has 284 valence electrons. The summed E-state index contributed by atoms with van der Waals surface area (Å²) < 4.78 is 11.4. The number of nitrogen functional groups attached to an aromatic ring is 1. The van der Waals surface area contributed by atoms with Gasteiger partial charge in [0.05, 0.1) is 30.7 Å². The van der Waals surface area contributed by atoms with Gasteiger partial charge in [-0.2, -0.15) is 0 Å². The van der Waals surface area contributed by atoms with Crippen molar-refractivity contribution >= 4 is 23.6 Å². The third-order valence-corrected chi connectivity index (χ3v) is 14.0. The van der Waals surface area contributed by atoms with Crippen molar-refractivity contribution in [1.82, 2.24) is 10.2 Å². The maximum atomic E-state index is 14.6. The fourth-order valence-electron chi connectivity index (χ4n) is 11.1. The SMILES string of the molecule is CCCCN(CCOCCO)C(=O)Oc1ccc2c(c1)[C@@]1(C)CCC[C@](C)(C(=O)NC(=O)[C@@]3(C)CCC[C@]4(C)c5cc(N)ccc5CC[C@@H]34)[C@@H]1CC2. The van der Waals surface area contributed by atoms with Crippen LogP contribution in [0.15, 0.2) is 36.4 Å². The summed E-state index contributed by atoms with van der Waals surface area (Å²) in [6.45, 7) is 12.3. The fourth-order valence-corrected chi connectivity index (χ4v) is 11.1. The zero-order valence-corrected chi connectivity index (χ0v) is 32.2. The van der Waals surface area contributed by atoms with Gasteiger partial charge < -0.3 is 25.2 Å². The number of unbranched alkanes of at least 4 members (excludes halogenated alkanes) is 1. The third-order valence-electron chi connectivity index (χ3n) is 14.0. The number of anilines is 1. The molecule has 0 unspecified atom stereocenters. The fraction of sp³-hybridized carbons (Fsp3) is 0.651. The van der Waals surface area contributed by atoms with Gasteiger partial charge in [-0.15, -0.1) is 0 Å². The van der Waals surface area contributed by atoms with E-state index in [0.717, 1.165) is 88.3 Å². The molecule has 4 aliphatic rings. The molecule has 4 aliphatic carbocycles. The summed E-state index contributed by atoms with van der Waals surface area (Å²) in [6.07, 6.45) is 10.1. The van der Waals surface area contributed by atoms with Crippen LogP contribution in [0.5, 0.6) is 5.75 Å². The van der Waals surface area contributed by atoms with E-state index >= 15 is 0 Å².